The summed E-state index contributed by atoms with van der Waals surface area (Å²) in [5.41, 5.74) is 21.9. The summed E-state index contributed by atoms with van der Waals surface area (Å²) in [5.74, 6) is 0. The van der Waals surface area contributed by atoms with Crippen molar-refractivity contribution in [2.75, 3.05) is 4.90 Å². The normalized spacial score (nSPS) is 14.0. The molecule has 350 valence electrons. The van der Waals surface area contributed by atoms with Crippen molar-refractivity contribution in [1.29, 1.82) is 0 Å². The Labute approximate surface area is 439 Å². The van der Waals surface area contributed by atoms with Crippen molar-refractivity contribution in [1.82, 2.24) is 0 Å². The van der Waals surface area contributed by atoms with Crippen LogP contribution < -0.4 is 4.90 Å². The Morgan fingerprint density at radius 2 is 0.840 bits per heavy atom. The summed E-state index contributed by atoms with van der Waals surface area (Å²) in [6, 6.07) is 101. The molecule has 0 bridgehead atoms. The van der Waals surface area contributed by atoms with E-state index in [4.69, 9.17) is 4.42 Å². The van der Waals surface area contributed by atoms with Crippen LogP contribution >= 0.6 is 11.8 Å². The van der Waals surface area contributed by atoms with E-state index in [0.29, 0.717) is 0 Å². The lowest BCUT2D eigenvalue weighted by Gasteiger charge is -2.39. The number of para-hydroxylation sites is 1. The topological polar surface area (TPSA) is 16.4 Å². The number of hydrogen-bond acceptors (Lipinski definition) is 3. The molecule has 2 nitrogen and oxygen atoms in total. The first-order valence-electron chi connectivity index (χ1n) is 25.9. The lowest BCUT2D eigenvalue weighted by molar-refractivity contribution is 0.672. The maximum Gasteiger partial charge on any atom is 0.143 e. The highest BCUT2D eigenvalue weighted by Crippen LogP contribution is 2.64. The lowest BCUT2D eigenvalue weighted by Crippen LogP contribution is -2.31. The van der Waals surface area contributed by atoms with Gasteiger partial charge >= 0.3 is 0 Å². The van der Waals surface area contributed by atoms with E-state index in [9.17, 15) is 0 Å². The van der Waals surface area contributed by atoms with Gasteiger partial charge in [0.1, 0.15) is 11.2 Å². The van der Waals surface area contributed by atoms with E-state index in [0.717, 1.165) is 49.8 Å². The van der Waals surface area contributed by atoms with Gasteiger partial charge in [-0.15, -0.1) is 0 Å². The van der Waals surface area contributed by atoms with Crippen LogP contribution in [0.5, 0.6) is 0 Å². The van der Waals surface area contributed by atoms with Gasteiger partial charge in [0, 0.05) is 42.7 Å². The third-order valence-corrected chi connectivity index (χ3v) is 17.8. The Morgan fingerprint density at radius 3 is 1.57 bits per heavy atom. The molecule has 1 aliphatic heterocycles. The van der Waals surface area contributed by atoms with E-state index in [1.807, 2.05) is 11.8 Å². The molecular formula is C72H45NOS. The fraction of sp³-hybridized carbons (Fsp3) is 0.0278. The van der Waals surface area contributed by atoms with E-state index in [-0.39, 0.29) is 0 Å². The number of hydrogen-bond donors (Lipinski definition) is 0. The third-order valence-electron chi connectivity index (χ3n) is 16.6. The Bertz CT molecular complexity index is 4370. The number of benzene rings is 12. The first-order valence-corrected chi connectivity index (χ1v) is 26.7. The molecule has 0 fully saturated rings. The summed E-state index contributed by atoms with van der Waals surface area (Å²) < 4.78 is 6.72. The second-order valence-electron chi connectivity index (χ2n) is 20.2. The van der Waals surface area contributed by atoms with E-state index < -0.39 is 10.8 Å². The molecule has 75 heavy (non-hydrogen) atoms. The van der Waals surface area contributed by atoms with Crippen LogP contribution in [0.4, 0.5) is 17.1 Å². The van der Waals surface area contributed by atoms with Crippen LogP contribution in [0.2, 0.25) is 0 Å². The molecule has 3 aliphatic rings. The average Bonchev–Trinajstić information content (AvgIpc) is 4.25. The van der Waals surface area contributed by atoms with Crippen molar-refractivity contribution in [3.63, 3.8) is 0 Å². The predicted molar refractivity (Wildman–Crippen MR) is 310 cm³/mol. The van der Waals surface area contributed by atoms with Crippen LogP contribution in [0.15, 0.2) is 287 Å². The molecule has 0 amide bonds. The van der Waals surface area contributed by atoms with Crippen molar-refractivity contribution in [2.24, 2.45) is 0 Å². The third kappa shape index (κ3) is 5.82. The monoisotopic (exact) mass is 971 g/mol. The number of furan rings is 1. The predicted octanol–water partition coefficient (Wildman–Crippen LogP) is 19.1. The minimum absolute atomic E-state index is 0.446. The summed E-state index contributed by atoms with van der Waals surface area (Å²) in [6.45, 7) is 0. The lowest BCUT2D eigenvalue weighted by atomic mass is 9.67. The summed E-state index contributed by atoms with van der Waals surface area (Å²) in [4.78, 5) is 5.09. The highest BCUT2D eigenvalue weighted by atomic mass is 32.2. The Hall–Kier alpha value is -9.15. The van der Waals surface area contributed by atoms with Gasteiger partial charge in [-0.1, -0.05) is 230 Å². The minimum Gasteiger partial charge on any atom is -0.455 e. The number of fused-ring (bicyclic) bond motifs is 17. The molecular weight excluding hydrogens is 927 g/mol. The minimum atomic E-state index is -0.557. The molecule has 12 aromatic carbocycles. The zero-order valence-electron chi connectivity index (χ0n) is 40.7. The molecule has 16 rings (SSSR count). The quantitative estimate of drug-likeness (QED) is 0.165. The maximum atomic E-state index is 6.72. The van der Waals surface area contributed by atoms with Crippen molar-refractivity contribution < 1.29 is 4.42 Å². The molecule has 2 aliphatic carbocycles. The van der Waals surface area contributed by atoms with Crippen molar-refractivity contribution in [2.45, 2.75) is 20.6 Å². The molecule has 0 unspecified atom stereocenters. The Kier molecular flexibility index (Phi) is 9.14. The van der Waals surface area contributed by atoms with Crippen LogP contribution in [-0.2, 0) is 10.8 Å². The molecule has 0 saturated carbocycles. The second-order valence-corrected chi connectivity index (χ2v) is 21.3. The molecule has 0 radical (unpaired) electrons. The van der Waals surface area contributed by atoms with E-state index in [1.54, 1.807) is 0 Å². The standard InChI is InChI=1S/C72H45NOS/c1-3-19-47(20-4-1)71(48-21-5-2-6-22-48)59-28-10-7-23-52(59)53-42-41-50(45-64(53)71)73(65-33-18-27-56-54(65)43-44-57-55-24-9-14-34-66(55)74-70(56)57)49-39-37-46(38-40-49)51-26-17-32-63-69(51)58-25-8-11-29-60(58)72(63)61-30-12-15-35-67(61)75-68-36-16-13-31-62(68)72/h1-45H. The molecule has 13 aromatic rings. The number of nitrogens with zero attached hydrogens (tertiary/aromatic N) is 1. The highest BCUT2D eigenvalue weighted by molar-refractivity contribution is 7.99. The van der Waals surface area contributed by atoms with Crippen LogP contribution in [0.1, 0.15) is 44.5 Å². The van der Waals surface area contributed by atoms with Gasteiger partial charge in [-0.25, -0.2) is 0 Å². The highest BCUT2D eigenvalue weighted by Gasteiger charge is 2.51. The molecule has 3 heteroatoms. The second kappa shape index (κ2) is 16.2. The number of rotatable bonds is 6. The van der Waals surface area contributed by atoms with Crippen LogP contribution in [0.25, 0.3) is 66.1 Å². The van der Waals surface area contributed by atoms with Gasteiger partial charge < -0.3 is 9.32 Å². The summed E-state index contributed by atoms with van der Waals surface area (Å²) in [6.07, 6.45) is 0. The van der Waals surface area contributed by atoms with Gasteiger partial charge in [-0.05, 0) is 132 Å². The van der Waals surface area contributed by atoms with Crippen LogP contribution in [-0.4, -0.2) is 0 Å². The largest absolute Gasteiger partial charge is 0.455 e. The smallest absolute Gasteiger partial charge is 0.143 e. The van der Waals surface area contributed by atoms with Gasteiger partial charge in [-0.2, -0.15) is 0 Å². The average molecular weight is 972 g/mol. The van der Waals surface area contributed by atoms with Gasteiger partial charge in [-0.3, -0.25) is 0 Å². The van der Waals surface area contributed by atoms with Crippen LogP contribution in [0.3, 0.4) is 0 Å². The van der Waals surface area contributed by atoms with Gasteiger partial charge in [0.15, 0.2) is 0 Å². The molecule has 2 heterocycles. The Balaban J connectivity index is 0.919. The van der Waals surface area contributed by atoms with Gasteiger partial charge in [0.2, 0.25) is 0 Å². The first kappa shape index (κ1) is 42.4. The summed E-state index contributed by atoms with van der Waals surface area (Å²) in [7, 11) is 0. The molecule has 1 aromatic heterocycles. The first-order chi connectivity index (χ1) is 37.2. The number of anilines is 3. The molecule has 1 spiro atoms. The van der Waals surface area contributed by atoms with Gasteiger partial charge in [0.25, 0.3) is 0 Å². The van der Waals surface area contributed by atoms with E-state index >= 15 is 0 Å². The zero-order chi connectivity index (χ0) is 49.2. The van der Waals surface area contributed by atoms with E-state index in [1.165, 1.54) is 87.7 Å². The fourth-order valence-electron chi connectivity index (χ4n) is 13.7. The van der Waals surface area contributed by atoms with Gasteiger partial charge in [0.05, 0.1) is 16.5 Å². The summed E-state index contributed by atoms with van der Waals surface area (Å²) in [5, 5.41) is 4.44. The van der Waals surface area contributed by atoms with Crippen LogP contribution in [0, 0.1) is 0 Å². The Morgan fingerprint density at radius 1 is 0.320 bits per heavy atom. The molecule has 0 N–H and O–H groups in total. The van der Waals surface area contributed by atoms with Crippen molar-refractivity contribution >= 4 is 61.5 Å². The van der Waals surface area contributed by atoms with E-state index in [2.05, 4.69) is 278 Å². The maximum absolute atomic E-state index is 6.72. The van der Waals surface area contributed by atoms with Crippen molar-refractivity contribution in [3.8, 4) is 33.4 Å². The van der Waals surface area contributed by atoms with Crippen molar-refractivity contribution in [3.05, 3.63) is 317 Å². The zero-order valence-corrected chi connectivity index (χ0v) is 41.6. The molecule has 0 atom stereocenters. The fourth-order valence-corrected chi connectivity index (χ4v) is 14.8. The molecule has 0 saturated heterocycles. The summed E-state index contributed by atoms with van der Waals surface area (Å²) >= 11 is 1.89. The SMILES string of the molecule is c1ccc(C2(c3ccccc3)c3ccccc3-c3ccc(N(c4ccc(-c5cccc6c5-c5ccccc5C65c6ccccc6Sc6ccccc65)cc4)c4cccc5c4ccc4c6ccccc6oc54)cc32)cc1.